The Bertz CT molecular complexity index is 1340. The molecule has 0 fully saturated rings. The maximum Gasteiger partial charge on any atom is 0.469 e. The molecule has 2 atom stereocenters. The van der Waals surface area contributed by atoms with E-state index in [1.807, 2.05) is 13.8 Å². The Morgan fingerprint density at radius 3 is 2.23 bits per heavy atom. The van der Waals surface area contributed by atoms with Crippen LogP contribution in [0.1, 0.15) is 44.6 Å². The third-order valence-corrected chi connectivity index (χ3v) is 9.31. The van der Waals surface area contributed by atoms with Gasteiger partial charge in [0.15, 0.2) is 0 Å². The Labute approximate surface area is 260 Å². The molecule has 0 saturated heterocycles. The summed E-state index contributed by atoms with van der Waals surface area (Å²) in [5.74, 6) is -1.12. The Kier molecular flexibility index (Phi) is 14.6. The minimum atomic E-state index is -4.88. The van der Waals surface area contributed by atoms with Crippen LogP contribution in [0.2, 0.25) is 0 Å². The van der Waals surface area contributed by atoms with Crippen molar-refractivity contribution in [3.63, 3.8) is 0 Å². The number of carbonyl (C=O) groups is 2. The van der Waals surface area contributed by atoms with Gasteiger partial charge in [-0.3, -0.25) is 9.32 Å². The molecule has 0 heterocycles. The minimum absolute atomic E-state index is 0.00431. The van der Waals surface area contributed by atoms with E-state index in [0.717, 1.165) is 4.47 Å². The minimum Gasteiger partial charge on any atom is -0.453 e. The number of nitrogens with zero attached hydrogens (tertiary/aromatic N) is 1. The Morgan fingerprint density at radius 2 is 1.67 bits per heavy atom. The molecule has 0 aromatic heterocycles. The number of nitrogen functional groups attached to an aromatic ring is 1. The fourth-order valence-electron chi connectivity index (χ4n) is 4.23. The zero-order valence-electron chi connectivity index (χ0n) is 24.3. The third kappa shape index (κ3) is 12.5. The monoisotopic (exact) mass is 706 g/mol. The molecular weight excluding hydrogens is 667 g/mol. The molecule has 0 spiro atoms. The fraction of sp³-hybridized carbons (Fsp3) is 0.481. The number of unbranched alkanes of at least 4 members (excludes halogenated alkanes) is 1. The predicted octanol–water partition coefficient (Wildman–Crippen LogP) is 3.58. The molecule has 0 radical (unpaired) electrons. The van der Waals surface area contributed by atoms with Crippen LogP contribution in [0.15, 0.2) is 57.9 Å². The van der Waals surface area contributed by atoms with E-state index in [-0.39, 0.29) is 42.8 Å². The van der Waals surface area contributed by atoms with E-state index in [1.165, 1.54) is 35.7 Å². The maximum absolute atomic E-state index is 13.6. The number of sulfonamides is 1. The topological polar surface area (TPSA) is 198 Å². The lowest BCUT2D eigenvalue weighted by molar-refractivity contribution is -0.122. The molecule has 2 rings (SSSR count). The molecule has 2 amide bonds. The molecule has 13 nitrogen and oxygen atoms in total. The molecule has 2 aromatic rings. The number of alkyl carbamates (subject to hydrolysis) is 1. The zero-order valence-corrected chi connectivity index (χ0v) is 27.6. The summed E-state index contributed by atoms with van der Waals surface area (Å²) in [5.41, 5.74) is 6.79. The number of rotatable bonds is 17. The van der Waals surface area contributed by atoms with Crippen LogP contribution < -0.4 is 16.4 Å². The number of methoxy groups -OCH3 is 1. The van der Waals surface area contributed by atoms with Crippen molar-refractivity contribution in [1.29, 1.82) is 0 Å². The highest BCUT2D eigenvalue weighted by molar-refractivity contribution is 9.10. The van der Waals surface area contributed by atoms with Crippen LogP contribution in [0.4, 0.5) is 10.5 Å². The lowest BCUT2D eigenvalue weighted by Gasteiger charge is -2.32. The van der Waals surface area contributed by atoms with Gasteiger partial charge in [0.25, 0.3) is 0 Å². The van der Waals surface area contributed by atoms with Crippen molar-refractivity contribution < 1.29 is 41.6 Å². The number of phosphoric ester groups is 1. The van der Waals surface area contributed by atoms with Crippen LogP contribution in [0.3, 0.4) is 0 Å². The van der Waals surface area contributed by atoms with Crippen molar-refractivity contribution in [3.05, 3.63) is 58.6 Å². The number of phosphoric acid groups is 1. The van der Waals surface area contributed by atoms with Crippen LogP contribution in [0.25, 0.3) is 0 Å². The van der Waals surface area contributed by atoms with Crippen molar-refractivity contribution in [2.75, 3.05) is 39.1 Å². The lowest BCUT2D eigenvalue weighted by atomic mass is 9.98. The first-order valence-electron chi connectivity index (χ1n) is 13.6. The normalized spacial score (nSPS) is 13.5. The highest BCUT2D eigenvalue weighted by Gasteiger charge is 2.33. The average Bonchev–Trinajstić information content (AvgIpc) is 2.93. The fourth-order valence-corrected chi connectivity index (χ4v) is 6.66. The van der Waals surface area contributed by atoms with E-state index in [0.29, 0.717) is 24.1 Å². The number of amides is 2. The number of nitrogens with two attached hydrogens (primary N) is 1. The second-order valence-electron chi connectivity index (χ2n) is 10.2. The molecule has 0 saturated carbocycles. The summed E-state index contributed by atoms with van der Waals surface area (Å²) in [7, 11) is -7.72. The largest absolute Gasteiger partial charge is 0.469 e. The molecule has 240 valence electrons. The van der Waals surface area contributed by atoms with Crippen LogP contribution >= 0.6 is 23.8 Å². The molecule has 0 aliphatic carbocycles. The van der Waals surface area contributed by atoms with Gasteiger partial charge in [-0.05, 0) is 60.7 Å². The summed E-state index contributed by atoms with van der Waals surface area (Å²) in [6.45, 7) is 3.47. The Hall–Kier alpha value is -2.52. The lowest BCUT2D eigenvalue weighted by Crippen LogP contribution is -2.45. The number of ether oxygens (including phenoxy) is 1. The summed E-state index contributed by atoms with van der Waals surface area (Å²) in [6.07, 6.45) is 0.382. The molecule has 0 aliphatic rings. The molecule has 0 aliphatic heterocycles. The van der Waals surface area contributed by atoms with Gasteiger partial charge >= 0.3 is 13.9 Å². The highest BCUT2D eigenvalue weighted by Crippen LogP contribution is 2.37. The SMILES string of the molecule is COC(=O)NC[C@@H](C(=O)NCCCCC(COP(=O)(O)O)N(CC(C)C)S(=O)(=O)c1ccc(N)cc1)c1ccc(Br)cc1. The Morgan fingerprint density at radius 1 is 1.05 bits per heavy atom. The highest BCUT2D eigenvalue weighted by atomic mass is 79.9. The molecule has 6 N–H and O–H groups in total. The van der Waals surface area contributed by atoms with Crippen LogP contribution in [0.5, 0.6) is 0 Å². The van der Waals surface area contributed by atoms with Gasteiger partial charge in [0.1, 0.15) is 0 Å². The quantitative estimate of drug-likeness (QED) is 0.0921. The van der Waals surface area contributed by atoms with E-state index in [4.69, 9.17) is 10.3 Å². The number of hydrogen-bond donors (Lipinski definition) is 5. The van der Waals surface area contributed by atoms with E-state index in [2.05, 4.69) is 31.3 Å². The van der Waals surface area contributed by atoms with Crippen molar-refractivity contribution in [1.82, 2.24) is 14.9 Å². The van der Waals surface area contributed by atoms with Gasteiger partial charge in [-0.15, -0.1) is 0 Å². The van der Waals surface area contributed by atoms with Gasteiger partial charge < -0.3 is 30.9 Å². The van der Waals surface area contributed by atoms with Gasteiger partial charge in [-0.25, -0.2) is 17.8 Å². The van der Waals surface area contributed by atoms with E-state index >= 15 is 0 Å². The number of anilines is 1. The maximum atomic E-state index is 13.6. The second-order valence-corrected chi connectivity index (χ2v) is 14.3. The van der Waals surface area contributed by atoms with Gasteiger partial charge in [0.05, 0.1) is 24.5 Å². The van der Waals surface area contributed by atoms with Gasteiger partial charge in [-0.1, -0.05) is 48.3 Å². The first-order valence-corrected chi connectivity index (χ1v) is 17.3. The van der Waals surface area contributed by atoms with E-state index in [9.17, 15) is 32.4 Å². The number of nitrogens with one attached hydrogen (secondary N) is 2. The summed E-state index contributed by atoms with van der Waals surface area (Å²) in [4.78, 5) is 43.3. The molecule has 1 unspecified atom stereocenters. The number of hydrogen-bond acceptors (Lipinski definition) is 8. The van der Waals surface area contributed by atoms with Gasteiger partial charge in [0, 0.05) is 35.8 Å². The molecular formula is C27H40BrN4O9PS. The van der Waals surface area contributed by atoms with Crippen molar-refractivity contribution in [3.8, 4) is 0 Å². The smallest absolute Gasteiger partial charge is 0.453 e. The predicted molar refractivity (Wildman–Crippen MR) is 166 cm³/mol. The standard InChI is InChI=1S/C27H40BrN4O9PS/c1-19(2)17-32(43(38,39)24-13-11-22(29)12-14-24)23(18-41-42(35,36)37)6-4-5-15-30-26(33)25(16-31-27(34)40-3)20-7-9-21(28)10-8-20/h7-14,19,23,25H,4-6,15-18,29H2,1-3H3,(H,30,33)(H,31,34)(H2,35,36,37)/t23?,25-/m1/s1. The molecule has 2 aromatic carbocycles. The average molecular weight is 708 g/mol. The summed E-state index contributed by atoms with van der Waals surface area (Å²) in [5, 5.41) is 5.40. The van der Waals surface area contributed by atoms with Gasteiger partial charge in [-0.2, -0.15) is 4.31 Å². The summed E-state index contributed by atoms with van der Waals surface area (Å²) < 4.78 is 50.2. The van der Waals surface area contributed by atoms with Gasteiger partial charge in [0.2, 0.25) is 15.9 Å². The number of benzene rings is 2. The molecule has 43 heavy (non-hydrogen) atoms. The first kappa shape index (κ1) is 36.7. The molecule has 0 bridgehead atoms. The zero-order chi connectivity index (χ0) is 32.2. The number of halogens is 1. The second kappa shape index (κ2) is 17.1. The molecule has 16 heteroatoms. The third-order valence-electron chi connectivity index (χ3n) is 6.36. The van der Waals surface area contributed by atoms with Crippen LogP contribution in [-0.2, 0) is 28.6 Å². The van der Waals surface area contributed by atoms with Crippen molar-refractivity contribution in [2.45, 2.75) is 50.0 Å². The van der Waals surface area contributed by atoms with Crippen molar-refractivity contribution in [2.24, 2.45) is 5.92 Å². The van der Waals surface area contributed by atoms with E-state index in [1.54, 1.807) is 24.3 Å². The summed E-state index contributed by atoms with van der Waals surface area (Å²) >= 11 is 3.36. The number of carbonyl (C=O) groups excluding carboxylic acids is 2. The van der Waals surface area contributed by atoms with Crippen molar-refractivity contribution >= 4 is 51.5 Å². The van der Waals surface area contributed by atoms with Crippen LogP contribution in [0, 0.1) is 5.92 Å². The summed E-state index contributed by atoms with van der Waals surface area (Å²) in [6, 6.07) is 11.9. The van der Waals surface area contributed by atoms with Crippen LogP contribution in [-0.4, -0.2) is 73.9 Å². The Balaban J connectivity index is 2.13. The van der Waals surface area contributed by atoms with E-state index < -0.39 is 42.5 Å². The first-order chi connectivity index (χ1) is 20.1.